The normalized spacial score (nSPS) is 9.69. The summed E-state index contributed by atoms with van der Waals surface area (Å²) in [6.07, 6.45) is 2.07. The van der Waals surface area contributed by atoms with Crippen LogP contribution in [-0.4, -0.2) is 17.8 Å². The largest absolute Gasteiger partial charge is 0.376 e. The maximum atomic E-state index is 5.18. The van der Waals surface area contributed by atoms with Crippen LogP contribution in [0, 0.1) is 0 Å². The number of rotatable bonds is 3. The van der Waals surface area contributed by atoms with E-state index < -0.39 is 0 Å². The maximum absolute atomic E-state index is 5.18. The van der Waals surface area contributed by atoms with Crippen molar-refractivity contribution in [2.24, 2.45) is 0 Å². The SMILES string of the molecule is CCNC(=S)c1ccc(SC)cc1. The standard InChI is InChI=1S/C10H13NS2/c1-3-11-10(12)8-4-6-9(13-2)7-5-8/h4-7H,3H2,1-2H3,(H,11,12). The van der Waals surface area contributed by atoms with Crippen LogP contribution in [0.5, 0.6) is 0 Å². The highest BCUT2D eigenvalue weighted by atomic mass is 32.2. The molecule has 1 nitrogen and oxygen atoms in total. The van der Waals surface area contributed by atoms with Crippen LogP contribution in [0.4, 0.5) is 0 Å². The first-order chi connectivity index (χ1) is 6.27. The highest BCUT2D eigenvalue weighted by Crippen LogP contribution is 2.14. The number of thioether (sulfide) groups is 1. The predicted octanol–water partition coefficient (Wildman–Crippen LogP) is 2.69. The maximum Gasteiger partial charge on any atom is 0.106 e. The van der Waals surface area contributed by atoms with Crippen molar-refractivity contribution in [1.29, 1.82) is 0 Å². The third-order valence-corrected chi connectivity index (χ3v) is 2.81. The summed E-state index contributed by atoms with van der Waals surface area (Å²) in [6, 6.07) is 8.28. The zero-order valence-electron chi connectivity index (χ0n) is 7.83. The summed E-state index contributed by atoms with van der Waals surface area (Å²) in [6.45, 7) is 2.92. The first-order valence-corrected chi connectivity index (χ1v) is 5.83. The van der Waals surface area contributed by atoms with Gasteiger partial charge in [0.05, 0.1) is 0 Å². The second kappa shape index (κ2) is 5.25. The molecule has 0 fully saturated rings. The summed E-state index contributed by atoms with van der Waals surface area (Å²) in [5.41, 5.74) is 1.09. The molecule has 0 heterocycles. The molecule has 0 amide bonds. The first-order valence-electron chi connectivity index (χ1n) is 4.20. The van der Waals surface area contributed by atoms with E-state index in [0.717, 1.165) is 17.1 Å². The molecule has 0 radical (unpaired) electrons. The predicted molar refractivity (Wildman–Crippen MR) is 63.6 cm³/mol. The fourth-order valence-corrected chi connectivity index (χ4v) is 1.69. The Morgan fingerprint density at radius 3 is 2.46 bits per heavy atom. The summed E-state index contributed by atoms with van der Waals surface area (Å²) < 4.78 is 0. The van der Waals surface area contributed by atoms with E-state index >= 15 is 0 Å². The average Bonchev–Trinajstić information content (AvgIpc) is 2.18. The molecule has 0 aliphatic carbocycles. The van der Waals surface area contributed by atoms with Crippen LogP contribution >= 0.6 is 24.0 Å². The van der Waals surface area contributed by atoms with Crippen molar-refractivity contribution in [2.75, 3.05) is 12.8 Å². The van der Waals surface area contributed by atoms with Crippen molar-refractivity contribution < 1.29 is 0 Å². The molecule has 0 saturated carbocycles. The Bertz CT molecular complexity index is 279. The minimum Gasteiger partial charge on any atom is -0.376 e. The van der Waals surface area contributed by atoms with Crippen LogP contribution in [0.15, 0.2) is 29.2 Å². The monoisotopic (exact) mass is 211 g/mol. The van der Waals surface area contributed by atoms with Gasteiger partial charge in [-0.1, -0.05) is 24.4 Å². The van der Waals surface area contributed by atoms with Gasteiger partial charge < -0.3 is 5.32 Å². The molecule has 1 aromatic rings. The van der Waals surface area contributed by atoms with Gasteiger partial charge in [-0.15, -0.1) is 11.8 Å². The molecule has 13 heavy (non-hydrogen) atoms. The number of hydrogen-bond donors (Lipinski definition) is 1. The summed E-state index contributed by atoms with van der Waals surface area (Å²) in [5, 5.41) is 3.12. The lowest BCUT2D eigenvalue weighted by Crippen LogP contribution is -2.21. The molecular formula is C10H13NS2. The summed E-state index contributed by atoms with van der Waals surface area (Å²) in [7, 11) is 0. The highest BCUT2D eigenvalue weighted by Gasteiger charge is 1.98. The fraction of sp³-hybridized carbons (Fsp3) is 0.300. The van der Waals surface area contributed by atoms with Gasteiger partial charge in [0.2, 0.25) is 0 Å². The van der Waals surface area contributed by atoms with Crippen molar-refractivity contribution in [3.63, 3.8) is 0 Å². The van der Waals surface area contributed by atoms with Crippen LogP contribution in [-0.2, 0) is 0 Å². The van der Waals surface area contributed by atoms with E-state index in [2.05, 4.69) is 35.8 Å². The molecule has 70 valence electrons. The van der Waals surface area contributed by atoms with E-state index in [-0.39, 0.29) is 0 Å². The molecule has 0 saturated heterocycles. The van der Waals surface area contributed by atoms with Gasteiger partial charge in [-0.25, -0.2) is 0 Å². The van der Waals surface area contributed by atoms with Crippen molar-refractivity contribution in [3.8, 4) is 0 Å². The third kappa shape index (κ3) is 3.01. The minimum absolute atomic E-state index is 0.829. The van der Waals surface area contributed by atoms with Gasteiger partial charge in [0.1, 0.15) is 4.99 Å². The van der Waals surface area contributed by atoms with E-state index in [9.17, 15) is 0 Å². The number of hydrogen-bond acceptors (Lipinski definition) is 2. The van der Waals surface area contributed by atoms with Gasteiger partial charge in [-0.05, 0) is 25.3 Å². The Labute approximate surface area is 88.9 Å². The third-order valence-electron chi connectivity index (χ3n) is 1.69. The Morgan fingerprint density at radius 2 is 2.00 bits per heavy atom. The van der Waals surface area contributed by atoms with Gasteiger partial charge in [0.15, 0.2) is 0 Å². The highest BCUT2D eigenvalue weighted by molar-refractivity contribution is 7.98. The van der Waals surface area contributed by atoms with E-state index in [1.165, 1.54) is 4.90 Å². The van der Waals surface area contributed by atoms with Crippen LogP contribution in [0.25, 0.3) is 0 Å². The molecule has 0 aromatic heterocycles. The van der Waals surface area contributed by atoms with Crippen molar-refractivity contribution in [3.05, 3.63) is 29.8 Å². The van der Waals surface area contributed by atoms with E-state index in [1.54, 1.807) is 11.8 Å². The molecule has 1 rings (SSSR count). The molecule has 0 bridgehead atoms. The minimum atomic E-state index is 0.829. The van der Waals surface area contributed by atoms with E-state index in [0.29, 0.717) is 0 Å². The van der Waals surface area contributed by atoms with Gasteiger partial charge in [-0.3, -0.25) is 0 Å². The Morgan fingerprint density at radius 1 is 1.38 bits per heavy atom. The topological polar surface area (TPSA) is 12.0 Å². The second-order valence-electron chi connectivity index (χ2n) is 2.59. The van der Waals surface area contributed by atoms with Gasteiger partial charge in [-0.2, -0.15) is 0 Å². The number of nitrogens with one attached hydrogen (secondary N) is 1. The molecule has 0 aliphatic rings. The van der Waals surface area contributed by atoms with E-state index in [4.69, 9.17) is 12.2 Å². The molecule has 0 aliphatic heterocycles. The zero-order chi connectivity index (χ0) is 9.68. The van der Waals surface area contributed by atoms with Crippen LogP contribution in [0.2, 0.25) is 0 Å². The second-order valence-corrected chi connectivity index (χ2v) is 3.88. The molecular weight excluding hydrogens is 198 g/mol. The first kappa shape index (κ1) is 10.5. The van der Waals surface area contributed by atoms with Gasteiger partial charge in [0, 0.05) is 17.0 Å². The molecule has 0 unspecified atom stereocenters. The quantitative estimate of drug-likeness (QED) is 0.610. The lowest BCUT2D eigenvalue weighted by molar-refractivity contribution is 0.982. The molecule has 0 atom stereocenters. The fourth-order valence-electron chi connectivity index (χ4n) is 1.01. The molecule has 0 spiro atoms. The summed E-state index contributed by atoms with van der Waals surface area (Å²) >= 11 is 6.92. The smallest absolute Gasteiger partial charge is 0.106 e. The average molecular weight is 211 g/mol. The molecule has 3 heteroatoms. The lowest BCUT2D eigenvalue weighted by atomic mass is 10.2. The molecule has 1 aromatic carbocycles. The van der Waals surface area contributed by atoms with Gasteiger partial charge in [0.25, 0.3) is 0 Å². The van der Waals surface area contributed by atoms with Crippen LogP contribution < -0.4 is 5.32 Å². The number of thiocarbonyl (C=S) groups is 1. The molecule has 1 N–H and O–H groups in total. The summed E-state index contributed by atoms with van der Waals surface area (Å²) in [4.78, 5) is 2.10. The van der Waals surface area contributed by atoms with Gasteiger partial charge >= 0.3 is 0 Å². The zero-order valence-corrected chi connectivity index (χ0v) is 9.47. The van der Waals surface area contributed by atoms with Crippen molar-refractivity contribution in [2.45, 2.75) is 11.8 Å². The lowest BCUT2D eigenvalue weighted by Gasteiger charge is -2.05. The Balaban J connectivity index is 2.74. The van der Waals surface area contributed by atoms with Crippen molar-refractivity contribution >= 4 is 29.0 Å². The van der Waals surface area contributed by atoms with E-state index in [1.807, 2.05) is 6.92 Å². The Hall–Kier alpha value is -0.540. The number of benzene rings is 1. The van der Waals surface area contributed by atoms with Crippen LogP contribution in [0.1, 0.15) is 12.5 Å². The van der Waals surface area contributed by atoms with Crippen molar-refractivity contribution in [1.82, 2.24) is 5.32 Å². The summed E-state index contributed by atoms with van der Waals surface area (Å²) in [5.74, 6) is 0. The van der Waals surface area contributed by atoms with Crippen LogP contribution in [0.3, 0.4) is 0 Å². The Kier molecular flexibility index (Phi) is 4.25.